The summed E-state index contributed by atoms with van der Waals surface area (Å²) in [7, 11) is 3.41. The summed E-state index contributed by atoms with van der Waals surface area (Å²) in [5.74, 6) is 1.71. The van der Waals surface area contributed by atoms with Crippen molar-refractivity contribution in [2.45, 2.75) is 0 Å². The Hall–Kier alpha value is -3.73. The molecule has 0 fully saturated rings. The van der Waals surface area contributed by atoms with Gasteiger partial charge in [-0.15, -0.1) is 11.3 Å². The summed E-state index contributed by atoms with van der Waals surface area (Å²) in [4.78, 5) is 0. The number of para-hydroxylation sites is 1. The third-order valence-electron chi connectivity index (χ3n) is 6.83. The Labute approximate surface area is 210 Å². The van der Waals surface area contributed by atoms with Gasteiger partial charge in [0.1, 0.15) is 11.5 Å². The average Bonchev–Trinajstić information content (AvgIpc) is 3.43. The van der Waals surface area contributed by atoms with Gasteiger partial charge in [0.15, 0.2) is 0 Å². The first-order valence-corrected chi connectivity index (χ1v) is 12.6. The molecule has 3 nitrogen and oxygen atoms in total. The van der Waals surface area contributed by atoms with Crippen molar-refractivity contribution in [1.82, 2.24) is 4.57 Å². The maximum Gasteiger partial charge on any atom is 0.128 e. The second kappa shape index (κ2) is 7.64. The smallest absolute Gasteiger partial charge is 0.128 e. The van der Waals surface area contributed by atoms with E-state index in [0.29, 0.717) is 5.02 Å². The molecule has 0 bridgehead atoms. The number of hydrogen-bond acceptors (Lipinski definition) is 3. The predicted octanol–water partition coefficient (Wildman–Crippen LogP) is 8.98. The molecule has 0 saturated heterocycles. The Morgan fingerprint density at radius 3 is 2.43 bits per heavy atom. The average molecular weight is 494 g/mol. The van der Waals surface area contributed by atoms with Gasteiger partial charge in [-0.25, -0.2) is 0 Å². The van der Waals surface area contributed by atoms with Gasteiger partial charge in [-0.3, -0.25) is 0 Å². The molecular formula is C30H20ClNO2S. The molecule has 0 spiro atoms. The topological polar surface area (TPSA) is 23.4 Å². The lowest BCUT2D eigenvalue weighted by atomic mass is 10.1. The van der Waals surface area contributed by atoms with Crippen LogP contribution in [0.2, 0.25) is 5.02 Å². The molecule has 0 unspecified atom stereocenters. The molecule has 0 aliphatic carbocycles. The Bertz CT molecular complexity index is 1950. The van der Waals surface area contributed by atoms with Gasteiger partial charge in [-0.1, -0.05) is 35.9 Å². The first-order valence-electron chi connectivity index (χ1n) is 11.4. The van der Waals surface area contributed by atoms with Crippen LogP contribution in [-0.4, -0.2) is 18.8 Å². The first-order chi connectivity index (χ1) is 17.2. The summed E-state index contributed by atoms with van der Waals surface area (Å²) in [6, 6.07) is 29.7. The number of hydrogen-bond donors (Lipinski definition) is 0. The number of thiophene rings is 1. The number of ether oxygens (including phenoxy) is 2. The number of methoxy groups -OCH3 is 2. The van der Waals surface area contributed by atoms with E-state index in [-0.39, 0.29) is 0 Å². The largest absolute Gasteiger partial charge is 0.497 e. The Morgan fingerprint density at radius 2 is 1.57 bits per heavy atom. The molecule has 0 amide bonds. The van der Waals surface area contributed by atoms with Crippen molar-refractivity contribution in [2.24, 2.45) is 0 Å². The minimum absolute atomic E-state index is 0.700. The highest BCUT2D eigenvalue weighted by Gasteiger charge is 2.18. The van der Waals surface area contributed by atoms with E-state index in [1.54, 1.807) is 25.6 Å². The van der Waals surface area contributed by atoms with E-state index < -0.39 is 0 Å². The van der Waals surface area contributed by atoms with Crippen molar-refractivity contribution >= 4 is 75.7 Å². The molecule has 170 valence electrons. The molecule has 5 heteroatoms. The van der Waals surface area contributed by atoms with E-state index >= 15 is 0 Å². The molecule has 7 aromatic rings. The van der Waals surface area contributed by atoms with Crippen LogP contribution < -0.4 is 9.47 Å². The van der Waals surface area contributed by atoms with Crippen LogP contribution in [-0.2, 0) is 0 Å². The summed E-state index contributed by atoms with van der Waals surface area (Å²) in [5.41, 5.74) is 3.13. The predicted molar refractivity (Wildman–Crippen MR) is 149 cm³/mol. The van der Waals surface area contributed by atoms with Crippen molar-refractivity contribution in [3.8, 4) is 17.2 Å². The molecule has 7 rings (SSSR count). The second-order valence-corrected chi connectivity index (χ2v) is 10.2. The second-order valence-electron chi connectivity index (χ2n) is 8.67. The third-order valence-corrected chi connectivity index (χ3v) is 8.25. The fourth-order valence-electron chi connectivity index (χ4n) is 5.22. The molecular weight excluding hydrogens is 474 g/mol. The molecule has 0 atom stereocenters. The summed E-state index contributed by atoms with van der Waals surface area (Å²) < 4.78 is 15.9. The Balaban J connectivity index is 1.52. The number of nitrogens with zero attached hydrogens (tertiary/aromatic N) is 1. The van der Waals surface area contributed by atoms with Gasteiger partial charge in [-0.05, 0) is 71.4 Å². The highest BCUT2D eigenvalue weighted by atomic mass is 35.5. The van der Waals surface area contributed by atoms with E-state index in [2.05, 4.69) is 71.3 Å². The number of rotatable bonds is 3. The molecule has 0 N–H and O–H groups in total. The molecule has 0 saturated carbocycles. The van der Waals surface area contributed by atoms with Crippen LogP contribution in [0.15, 0.2) is 84.9 Å². The van der Waals surface area contributed by atoms with Crippen LogP contribution in [0.1, 0.15) is 0 Å². The minimum Gasteiger partial charge on any atom is -0.497 e. The van der Waals surface area contributed by atoms with E-state index in [4.69, 9.17) is 21.1 Å². The zero-order valence-corrected chi connectivity index (χ0v) is 20.7. The van der Waals surface area contributed by atoms with Gasteiger partial charge >= 0.3 is 0 Å². The van der Waals surface area contributed by atoms with Gasteiger partial charge < -0.3 is 14.0 Å². The SMILES string of the molecule is COc1ccc2c(c1)sc1cc3cc(-n4c5ccccc5c5c(OC)ccc(Cl)c54)ccc3cc12. The quantitative estimate of drug-likeness (QED) is 0.245. The normalized spacial score (nSPS) is 11.9. The van der Waals surface area contributed by atoms with Crippen molar-refractivity contribution in [3.63, 3.8) is 0 Å². The zero-order chi connectivity index (χ0) is 23.7. The van der Waals surface area contributed by atoms with Gasteiger partial charge in [-0.2, -0.15) is 0 Å². The fraction of sp³-hybridized carbons (Fsp3) is 0.0667. The van der Waals surface area contributed by atoms with Crippen molar-refractivity contribution in [3.05, 3.63) is 90.0 Å². The Kier molecular flexibility index (Phi) is 4.50. The number of aromatic nitrogens is 1. The molecule has 0 aliphatic rings. The molecule has 0 radical (unpaired) electrons. The number of halogens is 1. The van der Waals surface area contributed by atoms with Crippen molar-refractivity contribution in [1.29, 1.82) is 0 Å². The van der Waals surface area contributed by atoms with Crippen LogP contribution >= 0.6 is 22.9 Å². The van der Waals surface area contributed by atoms with E-state index in [9.17, 15) is 0 Å². The lowest BCUT2D eigenvalue weighted by Gasteiger charge is -2.11. The van der Waals surface area contributed by atoms with Gasteiger partial charge in [0.25, 0.3) is 0 Å². The van der Waals surface area contributed by atoms with Gasteiger partial charge in [0.05, 0.1) is 35.7 Å². The third kappa shape index (κ3) is 2.97. The molecule has 5 aromatic carbocycles. The molecule has 2 aromatic heterocycles. The van der Waals surface area contributed by atoms with Gasteiger partial charge in [0, 0.05) is 31.2 Å². The van der Waals surface area contributed by atoms with Crippen LogP contribution in [0.5, 0.6) is 11.5 Å². The molecule has 35 heavy (non-hydrogen) atoms. The molecule has 2 heterocycles. The van der Waals surface area contributed by atoms with Crippen molar-refractivity contribution < 1.29 is 9.47 Å². The monoisotopic (exact) mass is 493 g/mol. The van der Waals surface area contributed by atoms with Crippen LogP contribution in [0.4, 0.5) is 0 Å². The summed E-state index contributed by atoms with van der Waals surface area (Å²) in [6.45, 7) is 0. The highest BCUT2D eigenvalue weighted by molar-refractivity contribution is 7.25. The Morgan fingerprint density at radius 1 is 0.714 bits per heavy atom. The first kappa shape index (κ1) is 20.6. The van der Waals surface area contributed by atoms with E-state index in [1.807, 2.05) is 18.2 Å². The standard InChI is InChI=1S/C30H20ClNO2S/c1-33-20-9-10-21-23-14-17-7-8-19(13-18(17)15-27(23)35-28(21)16-20)32-25-6-4-3-5-22(25)29-26(34-2)12-11-24(31)30(29)32/h3-16H,1-2H3. The maximum absolute atomic E-state index is 6.79. The number of benzene rings is 5. The van der Waals surface area contributed by atoms with Crippen LogP contribution in [0, 0.1) is 0 Å². The van der Waals surface area contributed by atoms with Crippen LogP contribution in [0.3, 0.4) is 0 Å². The van der Waals surface area contributed by atoms with E-state index in [1.165, 1.54) is 30.9 Å². The minimum atomic E-state index is 0.700. The highest BCUT2D eigenvalue weighted by Crippen LogP contribution is 2.42. The van der Waals surface area contributed by atoms with E-state index in [0.717, 1.165) is 39.0 Å². The van der Waals surface area contributed by atoms with Crippen LogP contribution in [0.25, 0.3) is 58.4 Å². The number of fused-ring (bicyclic) bond motifs is 7. The van der Waals surface area contributed by atoms with Gasteiger partial charge in [0.2, 0.25) is 0 Å². The van der Waals surface area contributed by atoms with Crippen molar-refractivity contribution in [2.75, 3.05) is 14.2 Å². The molecule has 0 aliphatic heterocycles. The summed E-state index contributed by atoms with van der Waals surface area (Å²) in [5, 5.41) is 7.79. The maximum atomic E-state index is 6.79. The fourth-order valence-corrected chi connectivity index (χ4v) is 6.62. The summed E-state index contributed by atoms with van der Waals surface area (Å²) in [6.07, 6.45) is 0. The lowest BCUT2D eigenvalue weighted by Crippen LogP contribution is -1.95. The zero-order valence-electron chi connectivity index (χ0n) is 19.1. The summed E-state index contributed by atoms with van der Waals surface area (Å²) >= 11 is 8.59. The lowest BCUT2D eigenvalue weighted by molar-refractivity contribution is 0.415.